The summed E-state index contributed by atoms with van der Waals surface area (Å²) in [6, 6.07) is 7.13. The molecule has 0 aromatic heterocycles. The van der Waals surface area contributed by atoms with E-state index in [2.05, 4.69) is 35.3 Å². The molecule has 1 nitrogen and oxygen atoms in total. The average molecular weight is 261 g/mol. The van der Waals surface area contributed by atoms with Gasteiger partial charge >= 0.3 is 0 Å². The Morgan fingerprint density at radius 1 is 1.11 bits per heavy atom. The lowest BCUT2D eigenvalue weighted by molar-refractivity contribution is 0.367. The van der Waals surface area contributed by atoms with Gasteiger partial charge in [-0.15, -0.1) is 11.8 Å². The molecule has 18 heavy (non-hydrogen) atoms. The van der Waals surface area contributed by atoms with Gasteiger partial charge in [-0.05, 0) is 86.5 Å². The predicted molar refractivity (Wildman–Crippen MR) is 79.4 cm³/mol. The summed E-state index contributed by atoms with van der Waals surface area (Å²) in [4.78, 5) is 1.49. The van der Waals surface area contributed by atoms with Crippen molar-refractivity contribution in [2.75, 3.05) is 18.8 Å². The minimum atomic E-state index is 0.966. The molecular weight excluding hydrogens is 238 g/mol. The molecule has 1 aliphatic carbocycles. The van der Waals surface area contributed by atoms with Crippen molar-refractivity contribution in [3.8, 4) is 0 Å². The van der Waals surface area contributed by atoms with Crippen molar-refractivity contribution in [1.29, 1.82) is 0 Å². The Kier molecular flexibility index (Phi) is 4.27. The molecule has 0 amide bonds. The first kappa shape index (κ1) is 12.6. The minimum absolute atomic E-state index is 0.966. The molecule has 1 fully saturated rings. The van der Waals surface area contributed by atoms with E-state index < -0.39 is 0 Å². The SMILES string of the molecule is c1cc2c(cc1SCCC1CCNCC1)CCC2. The van der Waals surface area contributed by atoms with Gasteiger partial charge in [0.15, 0.2) is 0 Å². The van der Waals surface area contributed by atoms with E-state index in [9.17, 15) is 0 Å². The highest BCUT2D eigenvalue weighted by Gasteiger charge is 2.13. The lowest BCUT2D eigenvalue weighted by Crippen LogP contribution is -2.27. The second-order valence-corrected chi connectivity index (χ2v) is 6.78. The number of hydrogen-bond donors (Lipinski definition) is 1. The van der Waals surface area contributed by atoms with E-state index in [1.165, 1.54) is 62.3 Å². The zero-order chi connectivity index (χ0) is 12.2. The lowest BCUT2D eigenvalue weighted by atomic mass is 9.96. The summed E-state index contributed by atoms with van der Waals surface area (Å²) in [5.41, 5.74) is 3.21. The Morgan fingerprint density at radius 2 is 1.94 bits per heavy atom. The van der Waals surface area contributed by atoms with Gasteiger partial charge < -0.3 is 5.32 Å². The van der Waals surface area contributed by atoms with Crippen LogP contribution in [0.3, 0.4) is 0 Å². The standard InChI is InChI=1S/C16H23NS/c1-2-14-4-5-16(12-15(14)3-1)18-11-8-13-6-9-17-10-7-13/h4-5,12-13,17H,1-3,6-11H2. The number of piperidine rings is 1. The molecule has 2 heteroatoms. The molecular formula is C16H23NS. The summed E-state index contributed by atoms with van der Waals surface area (Å²) in [5, 5.41) is 3.44. The fraction of sp³-hybridized carbons (Fsp3) is 0.625. The van der Waals surface area contributed by atoms with Crippen LogP contribution in [0.2, 0.25) is 0 Å². The lowest BCUT2D eigenvalue weighted by Gasteiger charge is -2.22. The number of nitrogens with one attached hydrogen (secondary N) is 1. The van der Waals surface area contributed by atoms with Crippen LogP contribution < -0.4 is 5.32 Å². The van der Waals surface area contributed by atoms with Gasteiger partial charge in [0.05, 0.1) is 0 Å². The normalized spacial score (nSPS) is 20.0. The number of benzene rings is 1. The van der Waals surface area contributed by atoms with Crippen LogP contribution in [-0.4, -0.2) is 18.8 Å². The smallest absolute Gasteiger partial charge is 0.00748 e. The number of thioether (sulfide) groups is 1. The van der Waals surface area contributed by atoms with Crippen LogP contribution in [0.5, 0.6) is 0 Å². The third kappa shape index (κ3) is 3.10. The molecule has 0 unspecified atom stereocenters. The van der Waals surface area contributed by atoms with Gasteiger partial charge in [-0.1, -0.05) is 6.07 Å². The van der Waals surface area contributed by atoms with Crippen LogP contribution >= 0.6 is 11.8 Å². The van der Waals surface area contributed by atoms with Crippen molar-refractivity contribution in [2.45, 2.75) is 43.4 Å². The van der Waals surface area contributed by atoms with Crippen molar-refractivity contribution in [2.24, 2.45) is 5.92 Å². The largest absolute Gasteiger partial charge is 0.317 e. The van der Waals surface area contributed by atoms with E-state index in [1.54, 1.807) is 11.1 Å². The Bertz CT molecular complexity index is 396. The van der Waals surface area contributed by atoms with Gasteiger partial charge in [0, 0.05) is 4.90 Å². The summed E-state index contributed by atoms with van der Waals surface area (Å²) in [6.07, 6.45) is 8.12. The molecule has 0 saturated carbocycles. The van der Waals surface area contributed by atoms with Crippen LogP contribution in [0.1, 0.15) is 36.8 Å². The topological polar surface area (TPSA) is 12.0 Å². The van der Waals surface area contributed by atoms with Gasteiger partial charge in [-0.25, -0.2) is 0 Å². The number of fused-ring (bicyclic) bond motifs is 1. The number of rotatable bonds is 4. The van der Waals surface area contributed by atoms with E-state index in [1.807, 2.05) is 0 Å². The molecule has 2 aliphatic rings. The van der Waals surface area contributed by atoms with Gasteiger partial charge in [-0.3, -0.25) is 0 Å². The van der Waals surface area contributed by atoms with Gasteiger partial charge in [0.1, 0.15) is 0 Å². The zero-order valence-electron chi connectivity index (χ0n) is 11.1. The van der Waals surface area contributed by atoms with E-state index in [-0.39, 0.29) is 0 Å². The Morgan fingerprint density at radius 3 is 2.83 bits per heavy atom. The first-order chi connectivity index (χ1) is 8.92. The maximum atomic E-state index is 3.44. The fourth-order valence-corrected chi connectivity index (χ4v) is 4.23. The molecule has 1 aromatic carbocycles. The van der Waals surface area contributed by atoms with Gasteiger partial charge in [0.2, 0.25) is 0 Å². The third-order valence-corrected chi connectivity index (χ3v) is 5.35. The molecule has 1 saturated heterocycles. The van der Waals surface area contributed by atoms with Crippen molar-refractivity contribution < 1.29 is 0 Å². The summed E-state index contributed by atoms with van der Waals surface area (Å²) >= 11 is 2.06. The number of hydrogen-bond acceptors (Lipinski definition) is 2. The Labute approximate surface area is 115 Å². The molecule has 0 bridgehead atoms. The zero-order valence-corrected chi connectivity index (χ0v) is 11.9. The molecule has 98 valence electrons. The minimum Gasteiger partial charge on any atom is -0.317 e. The van der Waals surface area contributed by atoms with Crippen molar-refractivity contribution in [3.05, 3.63) is 29.3 Å². The predicted octanol–water partition coefficient (Wildman–Crippen LogP) is 3.66. The summed E-state index contributed by atoms with van der Waals surface area (Å²) in [7, 11) is 0. The van der Waals surface area contributed by atoms with Crippen LogP contribution in [-0.2, 0) is 12.8 Å². The van der Waals surface area contributed by atoms with Crippen LogP contribution in [0, 0.1) is 5.92 Å². The Hall–Kier alpha value is -0.470. The third-order valence-electron chi connectivity index (χ3n) is 4.32. The van der Waals surface area contributed by atoms with E-state index in [4.69, 9.17) is 0 Å². The van der Waals surface area contributed by atoms with Crippen molar-refractivity contribution in [1.82, 2.24) is 5.32 Å². The number of aryl methyl sites for hydroxylation is 2. The summed E-state index contributed by atoms with van der Waals surface area (Å²) in [5.74, 6) is 2.26. The molecule has 1 aromatic rings. The molecule has 0 spiro atoms. The maximum Gasteiger partial charge on any atom is 0.00748 e. The van der Waals surface area contributed by atoms with E-state index in [0.717, 1.165) is 5.92 Å². The van der Waals surface area contributed by atoms with Crippen LogP contribution in [0.25, 0.3) is 0 Å². The van der Waals surface area contributed by atoms with Crippen molar-refractivity contribution in [3.63, 3.8) is 0 Å². The first-order valence-corrected chi connectivity index (χ1v) is 8.36. The highest BCUT2D eigenvalue weighted by molar-refractivity contribution is 7.99. The Balaban J connectivity index is 1.48. The average Bonchev–Trinajstić information content (AvgIpc) is 2.87. The molecule has 0 atom stereocenters. The second-order valence-electron chi connectivity index (χ2n) is 5.61. The highest BCUT2D eigenvalue weighted by Crippen LogP contribution is 2.29. The van der Waals surface area contributed by atoms with E-state index in [0.29, 0.717) is 0 Å². The fourth-order valence-electron chi connectivity index (χ4n) is 3.15. The maximum absolute atomic E-state index is 3.44. The first-order valence-electron chi connectivity index (χ1n) is 7.37. The molecule has 1 N–H and O–H groups in total. The quantitative estimate of drug-likeness (QED) is 0.830. The second kappa shape index (κ2) is 6.12. The van der Waals surface area contributed by atoms with Crippen molar-refractivity contribution >= 4 is 11.8 Å². The summed E-state index contributed by atoms with van der Waals surface area (Å²) < 4.78 is 0. The monoisotopic (exact) mass is 261 g/mol. The van der Waals surface area contributed by atoms with E-state index >= 15 is 0 Å². The van der Waals surface area contributed by atoms with Gasteiger partial charge in [-0.2, -0.15) is 0 Å². The molecule has 0 radical (unpaired) electrons. The van der Waals surface area contributed by atoms with Crippen LogP contribution in [0.15, 0.2) is 23.1 Å². The van der Waals surface area contributed by atoms with Gasteiger partial charge in [0.25, 0.3) is 0 Å². The highest BCUT2D eigenvalue weighted by atomic mass is 32.2. The molecule has 1 aliphatic heterocycles. The molecule has 1 heterocycles. The van der Waals surface area contributed by atoms with Crippen LogP contribution in [0.4, 0.5) is 0 Å². The summed E-state index contributed by atoms with van der Waals surface area (Å²) in [6.45, 7) is 2.46. The molecule has 3 rings (SSSR count).